The van der Waals surface area contributed by atoms with E-state index in [-0.39, 0.29) is 12.5 Å². The van der Waals surface area contributed by atoms with Crippen molar-refractivity contribution in [1.82, 2.24) is 15.1 Å². The molecule has 1 saturated carbocycles. The summed E-state index contributed by atoms with van der Waals surface area (Å²) >= 11 is 0. The van der Waals surface area contributed by atoms with Crippen LogP contribution in [0.4, 0.5) is 4.79 Å². The molecule has 1 N–H and O–H groups in total. The van der Waals surface area contributed by atoms with Crippen molar-refractivity contribution in [3.8, 4) is 11.5 Å². The van der Waals surface area contributed by atoms with Gasteiger partial charge in [-0.3, -0.25) is 14.5 Å². The molecule has 2 atom stereocenters. The van der Waals surface area contributed by atoms with Gasteiger partial charge in [-0.1, -0.05) is 43.5 Å². The number of hydrogen-bond donors (Lipinski definition) is 1. The number of nitrogens with zero attached hydrogens (tertiary/aromatic N) is 2. The van der Waals surface area contributed by atoms with Gasteiger partial charge in [0.1, 0.15) is 18.0 Å². The molecular formula is C28H33N3O5. The van der Waals surface area contributed by atoms with Gasteiger partial charge in [-0.15, -0.1) is 0 Å². The number of piperidine rings is 1. The largest absolute Gasteiger partial charge is 0.497 e. The molecule has 2 aliphatic heterocycles. The molecule has 8 nitrogen and oxygen atoms in total. The van der Waals surface area contributed by atoms with Gasteiger partial charge < -0.3 is 19.7 Å². The van der Waals surface area contributed by atoms with Gasteiger partial charge in [-0.05, 0) is 60.1 Å². The van der Waals surface area contributed by atoms with Gasteiger partial charge in [0.2, 0.25) is 5.91 Å². The summed E-state index contributed by atoms with van der Waals surface area (Å²) in [5, 5.41) is 2.91. The molecular weight excluding hydrogens is 458 g/mol. The zero-order valence-corrected chi connectivity index (χ0v) is 20.9. The monoisotopic (exact) mass is 491 g/mol. The van der Waals surface area contributed by atoms with E-state index < -0.39 is 17.5 Å². The molecule has 0 spiro atoms. The highest BCUT2D eigenvalue weighted by atomic mass is 16.5. The van der Waals surface area contributed by atoms with E-state index in [1.165, 1.54) is 19.3 Å². The van der Waals surface area contributed by atoms with Crippen molar-refractivity contribution in [2.45, 2.75) is 37.6 Å². The predicted molar refractivity (Wildman–Crippen MR) is 134 cm³/mol. The number of carbonyl (C=O) groups excluding carboxylic acids is 3. The molecule has 1 aliphatic carbocycles. The third-order valence-corrected chi connectivity index (χ3v) is 8.09. The highest BCUT2D eigenvalue weighted by Gasteiger charge is 2.54. The second-order valence-corrected chi connectivity index (χ2v) is 9.96. The SMILES string of the molecule is COc1ccc(C2(c3ccc(OC)cc3)NC(=O)N(CC(=O)N3CC[C@@H]4CCCC[C@H]4C3)C2=O)cc1. The first-order valence-electron chi connectivity index (χ1n) is 12.7. The number of imide groups is 1. The van der Waals surface area contributed by atoms with Crippen LogP contribution in [0.25, 0.3) is 0 Å². The Hall–Kier alpha value is -3.55. The van der Waals surface area contributed by atoms with E-state index in [9.17, 15) is 14.4 Å². The first kappa shape index (κ1) is 24.2. The van der Waals surface area contributed by atoms with E-state index in [2.05, 4.69) is 5.32 Å². The third kappa shape index (κ3) is 4.18. The van der Waals surface area contributed by atoms with Crippen LogP contribution in [0.5, 0.6) is 11.5 Å². The van der Waals surface area contributed by atoms with E-state index in [1.54, 1.807) is 62.8 Å². The molecule has 2 aromatic carbocycles. The quantitative estimate of drug-likeness (QED) is 0.625. The summed E-state index contributed by atoms with van der Waals surface area (Å²) in [5.41, 5.74) is -0.277. The zero-order valence-electron chi connectivity index (χ0n) is 20.9. The van der Waals surface area contributed by atoms with Crippen molar-refractivity contribution in [3.63, 3.8) is 0 Å². The van der Waals surface area contributed by atoms with Crippen molar-refractivity contribution >= 4 is 17.8 Å². The van der Waals surface area contributed by atoms with Gasteiger partial charge in [0.05, 0.1) is 14.2 Å². The summed E-state index contributed by atoms with van der Waals surface area (Å²) < 4.78 is 10.6. The fourth-order valence-corrected chi connectivity index (χ4v) is 6.02. The molecule has 190 valence electrons. The van der Waals surface area contributed by atoms with Crippen molar-refractivity contribution in [2.75, 3.05) is 33.9 Å². The van der Waals surface area contributed by atoms with Crippen molar-refractivity contribution in [3.05, 3.63) is 59.7 Å². The van der Waals surface area contributed by atoms with Crippen molar-refractivity contribution < 1.29 is 23.9 Å². The van der Waals surface area contributed by atoms with Crippen LogP contribution in [-0.4, -0.2) is 61.5 Å². The summed E-state index contributed by atoms with van der Waals surface area (Å²) in [6.45, 7) is 1.14. The number of methoxy groups -OCH3 is 2. The van der Waals surface area contributed by atoms with E-state index >= 15 is 0 Å². The van der Waals surface area contributed by atoms with Gasteiger partial charge in [0.25, 0.3) is 5.91 Å². The van der Waals surface area contributed by atoms with Gasteiger partial charge in [0.15, 0.2) is 5.54 Å². The molecule has 36 heavy (non-hydrogen) atoms. The lowest BCUT2D eigenvalue weighted by molar-refractivity contribution is -0.140. The molecule has 4 amide bonds. The minimum Gasteiger partial charge on any atom is -0.497 e. The highest BCUT2D eigenvalue weighted by molar-refractivity contribution is 6.11. The lowest BCUT2D eigenvalue weighted by atomic mass is 9.75. The molecule has 2 saturated heterocycles. The molecule has 2 heterocycles. The molecule has 3 fully saturated rings. The Labute approximate surface area is 211 Å². The predicted octanol–water partition coefficient (Wildman–Crippen LogP) is 3.54. The lowest BCUT2D eigenvalue weighted by Gasteiger charge is -2.41. The van der Waals surface area contributed by atoms with E-state index in [0.29, 0.717) is 41.0 Å². The number of nitrogens with one attached hydrogen (secondary N) is 1. The number of urea groups is 1. The van der Waals surface area contributed by atoms with Crippen LogP contribution in [0.3, 0.4) is 0 Å². The minimum absolute atomic E-state index is 0.178. The van der Waals surface area contributed by atoms with Crippen LogP contribution < -0.4 is 14.8 Å². The zero-order chi connectivity index (χ0) is 25.3. The summed E-state index contributed by atoms with van der Waals surface area (Å²) in [7, 11) is 3.14. The smallest absolute Gasteiger partial charge is 0.326 e. The molecule has 0 aromatic heterocycles. The molecule has 2 aromatic rings. The summed E-state index contributed by atoms with van der Waals surface area (Å²) in [6, 6.07) is 13.5. The van der Waals surface area contributed by atoms with Crippen molar-refractivity contribution in [1.29, 1.82) is 0 Å². The van der Waals surface area contributed by atoms with Gasteiger partial charge in [0, 0.05) is 13.1 Å². The summed E-state index contributed by atoms with van der Waals surface area (Å²) in [5.74, 6) is 1.85. The number of carbonyl (C=O) groups is 3. The number of likely N-dealkylation sites (tertiary alicyclic amines) is 1. The second kappa shape index (κ2) is 9.84. The highest BCUT2D eigenvalue weighted by Crippen LogP contribution is 2.39. The average Bonchev–Trinajstić information content (AvgIpc) is 3.18. The maximum absolute atomic E-state index is 14.0. The standard InChI is InChI=1S/C28H33N3O5/c1-35-23-11-7-21(8-12-23)28(22-9-13-24(36-2)14-10-22)26(33)31(27(34)29-28)18-25(32)30-16-15-19-5-3-4-6-20(19)17-30/h7-14,19-20H,3-6,15-18H2,1-2H3,(H,29,34)/t19-,20-/m0/s1. The van der Waals surface area contributed by atoms with Crippen LogP contribution in [-0.2, 0) is 15.1 Å². The fourth-order valence-electron chi connectivity index (χ4n) is 6.02. The number of hydrogen-bond acceptors (Lipinski definition) is 5. The van der Waals surface area contributed by atoms with Gasteiger partial charge in [-0.25, -0.2) is 4.79 Å². The van der Waals surface area contributed by atoms with E-state index in [1.807, 2.05) is 4.90 Å². The summed E-state index contributed by atoms with van der Waals surface area (Å²) in [4.78, 5) is 43.4. The number of benzene rings is 2. The van der Waals surface area contributed by atoms with Crippen LogP contribution in [0, 0.1) is 11.8 Å². The Balaban J connectivity index is 1.42. The maximum Gasteiger partial charge on any atom is 0.326 e. The van der Waals surface area contributed by atoms with Crippen LogP contribution >= 0.6 is 0 Å². The Bertz CT molecular complexity index is 1080. The molecule has 0 radical (unpaired) electrons. The Morgan fingerprint density at radius 3 is 2.00 bits per heavy atom. The molecule has 0 unspecified atom stereocenters. The maximum atomic E-state index is 14.0. The normalized spacial score (nSPS) is 23.2. The molecule has 0 bridgehead atoms. The topological polar surface area (TPSA) is 88.2 Å². The van der Waals surface area contributed by atoms with Crippen LogP contribution in [0.15, 0.2) is 48.5 Å². The molecule has 8 heteroatoms. The number of rotatable bonds is 6. The first-order chi connectivity index (χ1) is 17.5. The Kier molecular flexibility index (Phi) is 6.60. The number of amides is 4. The first-order valence-corrected chi connectivity index (χ1v) is 12.7. The Morgan fingerprint density at radius 2 is 1.44 bits per heavy atom. The van der Waals surface area contributed by atoms with E-state index in [4.69, 9.17) is 9.47 Å². The van der Waals surface area contributed by atoms with Gasteiger partial charge >= 0.3 is 6.03 Å². The van der Waals surface area contributed by atoms with Crippen molar-refractivity contribution in [2.24, 2.45) is 11.8 Å². The fraction of sp³-hybridized carbons (Fsp3) is 0.464. The summed E-state index contributed by atoms with van der Waals surface area (Å²) in [6.07, 6.45) is 5.87. The minimum atomic E-state index is -1.45. The van der Waals surface area contributed by atoms with Crippen LogP contribution in [0.2, 0.25) is 0 Å². The van der Waals surface area contributed by atoms with Gasteiger partial charge in [-0.2, -0.15) is 0 Å². The second-order valence-electron chi connectivity index (χ2n) is 9.96. The molecule has 5 rings (SSSR count). The van der Waals surface area contributed by atoms with E-state index in [0.717, 1.165) is 24.3 Å². The number of fused-ring (bicyclic) bond motifs is 1. The third-order valence-electron chi connectivity index (χ3n) is 8.09. The lowest BCUT2D eigenvalue weighted by Crippen LogP contribution is -2.50. The average molecular weight is 492 g/mol. The Morgan fingerprint density at radius 1 is 0.889 bits per heavy atom. The molecule has 3 aliphatic rings. The number of ether oxygens (including phenoxy) is 2. The van der Waals surface area contributed by atoms with Crippen LogP contribution in [0.1, 0.15) is 43.2 Å².